The number of nitrogens with zero attached hydrogens (tertiary/aromatic N) is 8. The van der Waals surface area contributed by atoms with E-state index in [0.29, 0.717) is 11.5 Å². The zero-order valence-corrected chi connectivity index (χ0v) is 16.5. The van der Waals surface area contributed by atoms with Crippen LogP contribution in [-0.4, -0.2) is 42.0 Å². The van der Waals surface area contributed by atoms with Gasteiger partial charge in [-0.25, -0.2) is 15.0 Å². The van der Waals surface area contributed by atoms with Crippen LogP contribution >= 0.6 is 11.6 Å². The second-order valence-electron chi connectivity index (χ2n) is 6.42. The predicted octanol–water partition coefficient (Wildman–Crippen LogP) is 3.87. The Balaban J connectivity index is 1.83. The third-order valence-electron chi connectivity index (χ3n) is 4.62. The van der Waals surface area contributed by atoms with Crippen molar-refractivity contribution in [2.24, 2.45) is 0 Å². The van der Waals surface area contributed by atoms with Crippen LogP contribution in [0.15, 0.2) is 43.2 Å². The Labute approximate surface area is 173 Å². The van der Waals surface area contributed by atoms with Gasteiger partial charge in [0, 0.05) is 24.8 Å². The fraction of sp³-hybridized carbons (Fsp3) is 0.222. The van der Waals surface area contributed by atoms with Crippen molar-refractivity contribution < 1.29 is 13.2 Å². The van der Waals surface area contributed by atoms with Crippen molar-refractivity contribution in [3.8, 4) is 5.82 Å². The van der Waals surface area contributed by atoms with Crippen molar-refractivity contribution in [1.82, 2.24) is 34.9 Å². The molecule has 4 aromatic rings. The summed E-state index contributed by atoms with van der Waals surface area (Å²) in [6.45, 7) is 1.82. The zero-order chi connectivity index (χ0) is 21.5. The molecule has 0 saturated carbocycles. The summed E-state index contributed by atoms with van der Waals surface area (Å²) < 4.78 is 39.9. The molecule has 4 rings (SSSR count). The molecular weight excluding hydrogens is 421 g/mol. The molecule has 0 bridgehead atoms. The van der Waals surface area contributed by atoms with E-state index in [-0.39, 0.29) is 21.7 Å². The number of alkyl halides is 3. The Morgan fingerprint density at radius 2 is 1.70 bits per heavy atom. The first-order valence-electron chi connectivity index (χ1n) is 8.69. The first-order valence-corrected chi connectivity index (χ1v) is 9.07. The van der Waals surface area contributed by atoms with E-state index in [1.54, 1.807) is 11.9 Å². The fourth-order valence-electron chi connectivity index (χ4n) is 3.04. The lowest BCUT2D eigenvalue weighted by Gasteiger charge is -2.27. The van der Waals surface area contributed by atoms with Gasteiger partial charge in [-0.3, -0.25) is 4.98 Å². The molecule has 3 aromatic heterocycles. The molecular formula is C18H14ClF3N8. The largest absolute Gasteiger partial charge is 0.416 e. The monoisotopic (exact) mass is 434 g/mol. The molecule has 30 heavy (non-hydrogen) atoms. The van der Waals surface area contributed by atoms with Crippen LogP contribution in [0.5, 0.6) is 0 Å². The van der Waals surface area contributed by atoms with Gasteiger partial charge < -0.3 is 4.90 Å². The summed E-state index contributed by atoms with van der Waals surface area (Å²) in [6, 6.07) is 1.41. The summed E-state index contributed by atoms with van der Waals surface area (Å²) in [7, 11) is 1.69. The molecule has 12 heteroatoms. The summed E-state index contributed by atoms with van der Waals surface area (Å²) in [5.74, 6) is 0.666. The predicted molar refractivity (Wildman–Crippen MR) is 103 cm³/mol. The van der Waals surface area contributed by atoms with Gasteiger partial charge in [-0.2, -0.15) is 23.4 Å². The maximum Gasteiger partial charge on any atom is 0.416 e. The van der Waals surface area contributed by atoms with E-state index in [9.17, 15) is 13.2 Å². The van der Waals surface area contributed by atoms with Crippen LogP contribution in [0.25, 0.3) is 16.7 Å². The highest BCUT2D eigenvalue weighted by atomic mass is 35.5. The van der Waals surface area contributed by atoms with Crippen LogP contribution in [0.2, 0.25) is 5.02 Å². The van der Waals surface area contributed by atoms with Crippen molar-refractivity contribution in [1.29, 1.82) is 0 Å². The Bertz CT molecular complexity index is 1200. The van der Waals surface area contributed by atoms with Gasteiger partial charge in [0.2, 0.25) is 0 Å². The number of benzene rings is 1. The van der Waals surface area contributed by atoms with Crippen LogP contribution in [0.1, 0.15) is 24.2 Å². The molecule has 3 heterocycles. The van der Waals surface area contributed by atoms with Crippen molar-refractivity contribution in [3.05, 3.63) is 59.5 Å². The molecule has 1 aromatic carbocycles. The van der Waals surface area contributed by atoms with E-state index in [2.05, 4.69) is 30.1 Å². The van der Waals surface area contributed by atoms with Crippen molar-refractivity contribution in [2.75, 3.05) is 11.9 Å². The molecule has 8 nitrogen and oxygen atoms in total. The Morgan fingerprint density at radius 1 is 1.00 bits per heavy atom. The number of halogens is 4. The summed E-state index contributed by atoms with van der Waals surface area (Å²) >= 11 is 6.08. The quantitative estimate of drug-likeness (QED) is 0.482. The van der Waals surface area contributed by atoms with Crippen LogP contribution in [0.3, 0.4) is 0 Å². The highest BCUT2D eigenvalue weighted by Gasteiger charge is 2.32. The van der Waals surface area contributed by atoms with E-state index in [1.165, 1.54) is 35.9 Å². The normalized spacial score (nSPS) is 12.9. The number of aromatic nitrogens is 7. The minimum Gasteiger partial charge on any atom is -0.351 e. The van der Waals surface area contributed by atoms with Gasteiger partial charge in [0.1, 0.15) is 17.8 Å². The van der Waals surface area contributed by atoms with Crippen LogP contribution in [0.4, 0.5) is 19.0 Å². The van der Waals surface area contributed by atoms with Gasteiger partial charge >= 0.3 is 6.18 Å². The molecule has 0 saturated heterocycles. The van der Waals surface area contributed by atoms with Gasteiger partial charge in [0.05, 0.1) is 34.5 Å². The fourth-order valence-corrected chi connectivity index (χ4v) is 3.31. The zero-order valence-electron chi connectivity index (χ0n) is 15.7. The number of hydrogen-bond donors (Lipinski definition) is 0. The topological polar surface area (TPSA) is 85.5 Å². The second kappa shape index (κ2) is 7.48. The molecule has 0 aliphatic rings. The Hall–Kier alpha value is -3.34. The number of hydrogen-bond acceptors (Lipinski definition) is 7. The van der Waals surface area contributed by atoms with Gasteiger partial charge in [-0.15, -0.1) is 4.80 Å². The minimum atomic E-state index is -4.56. The summed E-state index contributed by atoms with van der Waals surface area (Å²) in [5, 5.41) is 8.23. The molecule has 154 valence electrons. The third-order valence-corrected chi connectivity index (χ3v) is 4.91. The van der Waals surface area contributed by atoms with Crippen LogP contribution < -0.4 is 4.90 Å². The van der Waals surface area contributed by atoms with E-state index >= 15 is 0 Å². The van der Waals surface area contributed by atoms with Gasteiger partial charge in [0.25, 0.3) is 0 Å². The van der Waals surface area contributed by atoms with Crippen LogP contribution in [0, 0.1) is 0 Å². The maximum absolute atomic E-state index is 13.3. The third kappa shape index (κ3) is 3.52. The highest BCUT2D eigenvalue weighted by Crippen LogP contribution is 2.38. The molecule has 1 unspecified atom stereocenters. The minimum absolute atomic E-state index is 0.106. The molecule has 1 atom stereocenters. The molecule has 0 aliphatic carbocycles. The van der Waals surface area contributed by atoms with E-state index in [1.807, 2.05) is 6.92 Å². The second-order valence-corrected chi connectivity index (χ2v) is 6.83. The molecule has 0 fully saturated rings. The molecule has 0 radical (unpaired) electrons. The summed E-state index contributed by atoms with van der Waals surface area (Å²) in [6.07, 6.45) is 2.73. The Kier molecular flexibility index (Phi) is 4.98. The lowest BCUT2D eigenvalue weighted by Crippen LogP contribution is -2.26. The molecule has 0 spiro atoms. The standard InChI is InChI=1S/C18H14ClF3N8/c1-10(14-17(24-4-3-23-14)30-27-5-6-28-30)29(2)16-12-7-11(18(20,21)22)8-13(19)15(12)25-9-26-16/h3-10H,1-2H3. The highest BCUT2D eigenvalue weighted by molar-refractivity contribution is 6.35. The van der Waals surface area contributed by atoms with Crippen molar-refractivity contribution >= 4 is 28.3 Å². The number of fused-ring (bicyclic) bond motifs is 1. The van der Waals surface area contributed by atoms with E-state index < -0.39 is 17.8 Å². The van der Waals surface area contributed by atoms with Crippen molar-refractivity contribution in [2.45, 2.75) is 19.1 Å². The van der Waals surface area contributed by atoms with E-state index in [4.69, 9.17) is 11.6 Å². The Morgan fingerprint density at radius 3 is 2.40 bits per heavy atom. The lowest BCUT2D eigenvalue weighted by atomic mass is 10.1. The van der Waals surface area contributed by atoms with Crippen molar-refractivity contribution in [3.63, 3.8) is 0 Å². The maximum atomic E-state index is 13.3. The van der Waals surface area contributed by atoms with Crippen LogP contribution in [-0.2, 0) is 6.18 Å². The average Bonchev–Trinajstić information content (AvgIpc) is 3.26. The SMILES string of the molecule is CC(c1nccnc1-n1nccn1)N(C)c1ncnc2c(Cl)cc(C(F)(F)F)cc12. The average molecular weight is 435 g/mol. The van der Waals surface area contributed by atoms with Gasteiger partial charge in [0.15, 0.2) is 5.82 Å². The smallest absolute Gasteiger partial charge is 0.351 e. The van der Waals surface area contributed by atoms with E-state index in [0.717, 1.165) is 12.1 Å². The number of rotatable bonds is 4. The molecule has 0 aliphatic heterocycles. The van der Waals surface area contributed by atoms with Gasteiger partial charge in [-0.05, 0) is 19.1 Å². The first-order chi connectivity index (χ1) is 14.3. The first kappa shape index (κ1) is 20.0. The summed E-state index contributed by atoms with van der Waals surface area (Å²) in [5.41, 5.74) is -0.138. The summed E-state index contributed by atoms with van der Waals surface area (Å²) in [4.78, 5) is 19.9. The van der Waals surface area contributed by atoms with Gasteiger partial charge in [-0.1, -0.05) is 11.6 Å². The number of anilines is 1. The lowest BCUT2D eigenvalue weighted by molar-refractivity contribution is -0.137. The molecule has 0 amide bonds. The molecule has 0 N–H and O–H groups in total.